The monoisotopic (exact) mass is 280 g/mol. The molecule has 0 spiro atoms. The molecular weight excluding hydrogens is 260 g/mol. The van der Waals surface area contributed by atoms with E-state index in [9.17, 15) is 0 Å². The zero-order valence-electron chi connectivity index (χ0n) is 12.4. The maximum absolute atomic E-state index is 8.68. The van der Waals surface area contributed by atoms with Crippen molar-refractivity contribution in [2.24, 2.45) is 5.73 Å². The van der Waals surface area contributed by atoms with Gasteiger partial charge in [0.2, 0.25) is 0 Å². The van der Waals surface area contributed by atoms with Crippen molar-refractivity contribution in [1.82, 2.24) is 0 Å². The molecule has 2 aromatic carbocycles. The average Bonchev–Trinajstić information content (AvgIpc) is 2.46. The van der Waals surface area contributed by atoms with Gasteiger partial charge in [-0.1, -0.05) is 42.0 Å². The van der Waals surface area contributed by atoms with Gasteiger partial charge in [-0.2, -0.15) is 5.26 Å². The predicted molar refractivity (Wildman–Crippen MR) is 84.0 cm³/mol. The van der Waals surface area contributed by atoms with Crippen molar-refractivity contribution in [2.75, 3.05) is 0 Å². The lowest BCUT2D eigenvalue weighted by atomic mass is 10.0. The fraction of sp³-hybridized carbons (Fsp3) is 0.278. The third kappa shape index (κ3) is 4.08. The summed E-state index contributed by atoms with van der Waals surface area (Å²) in [6.45, 7) is 4.00. The first-order valence-corrected chi connectivity index (χ1v) is 7.05. The van der Waals surface area contributed by atoms with Gasteiger partial charge in [-0.25, -0.2) is 0 Å². The number of nitriles is 1. The number of nitrogens with two attached hydrogens (primary N) is 1. The molecule has 2 rings (SSSR count). The first kappa shape index (κ1) is 15.1. The van der Waals surface area contributed by atoms with E-state index in [-0.39, 0.29) is 12.1 Å². The van der Waals surface area contributed by atoms with Crippen molar-refractivity contribution in [3.63, 3.8) is 0 Å². The van der Waals surface area contributed by atoms with E-state index in [1.807, 2.05) is 43.3 Å². The van der Waals surface area contributed by atoms with Crippen LogP contribution in [0.15, 0.2) is 48.5 Å². The number of nitrogens with zero attached hydrogens (tertiary/aromatic N) is 1. The van der Waals surface area contributed by atoms with Crippen molar-refractivity contribution in [3.05, 3.63) is 65.2 Å². The summed E-state index contributed by atoms with van der Waals surface area (Å²) in [5.41, 5.74) is 9.32. The van der Waals surface area contributed by atoms with Crippen LogP contribution in [0.4, 0.5) is 0 Å². The molecule has 0 bridgehead atoms. The third-order valence-corrected chi connectivity index (χ3v) is 3.32. The van der Waals surface area contributed by atoms with Crippen LogP contribution in [0.2, 0.25) is 0 Å². The molecule has 0 saturated carbocycles. The highest BCUT2D eigenvalue weighted by Crippen LogP contribution is 2.25. The standard InChI is InChI=1S/C18H20N2O/c1-13-4-3-5-16(12-13)18(14(2)20)21-17-8-6-15(7-9-17)10-11-19/h3-9,12,14,18H,10,20H2,1-2H3. The molecular formula is C18H20N2O. The summed E-state index contributed by atoms with van der Waals surface area (Å²) >= 11 is 0. The smallest absolute Gasteiger partial charge is 0.138 e. The molecule has 0 saturated heterocycles. The molecule has 2 atom stereocenters. The molecule has 3 nitrogen and oxygen atoms in total. The highest BCUT2D eigenvalue weighted by atomic mass is 16.5. The molecule has 0 fully saturated rings. The van der Waals surface area contributed by atoms with Gasteiger partial charge in [0.1, 0.15) is 11.9 Å². The van der Waals surface area contributed by atoms with Gasteiger partial charge < -0.3 is 10.5 Å². The molecule has 108 valence electrons. The summed E-state index contributed by atoms with van der Waals surface area (Å²) in [6, 6.07) is 17.8. The van der Waals surface area contributed by atoms with Gasteiger partial charge in [0.05, 0.1) is 12.5 Å². The highest BCUT2D eigenvalue weighted by Gasteiger charge is 2.18. The number of hydrogen-bond donors (Lipinski definition) is 1. The summed E-state index contributed by atoms with van der Waals surface area (Å²) in [5.74, 6) is 0.764. The van der Waals surface area contributed by atoms with Gasteiger partial charge in [-0.05, 0) is 37.1 Å². The van der Waals surface area contributed by atoms with Crippen LogP contribution in [0.3, 0.4) is 0 Å². The van der Waals surface area contributed by atoms with Crippen molar-refractivity contribution >= 4 is 0 Å². The van der Waals surface area contributed by atoms with Gasteiger partial charge in [-0.15, -0.1) is 0 Å². The second-order valence-electron chi connectivity index (χ2n) is 5.29. The van der Waals surface area contributed by atoms with Crippen LogP contribution in [0.5, 0.6) is 5.75 Å². The van der Waals surface area contributed by atoms with Crippen molar-refractivity contribution in [1.29, 1.82) is 5.26 Å². The maximum atomic E-state index is 8.68. The molecule has 0 heterocycles. The number of rotatable bonds is 5. The maximum Gasteiger partial charge on any atom is 0.138 e. The minimum atomic E-state index is -0.188. The van der Waals surface area contributed by atoms with Crippen LogP contribution in [-0.4, -0.2) is 6.04 Å². The number of hydrogen-bond acceptors (Lipinski definition) is 3. The Balaban J connectivity index is 2.19. The quantitative estimate of drug-likeness (QED) is 0.911. The molecule has 0 aromatic heterocycles. The first-order valence-electron chi connectivity index (χ1n) is 7.05. The lowest BCUT2D eigenvalue weighted by Crippen LogP contribution is -2.29. The summed E-state index contributed by atoms with van der Waals surface area (Å²) < 4.78 is 6.04. The second-order valence-corrected chi connectivity index (χ2v) is 5.29. The fourth-order valence-electron chi connectivity index (χ4n) is 2.25. The minimum Gasteiger partial charge on any atom is -0.484 e. The van der Waals surface area contributed by atoms with E-state index in [2.05, 4.69) is 25.1 Å². The SMILES string of the molecule is Cc1cccc(C(Oc2ccc(CC#N)cc2)C(C)N)c1. The Morgan fingerprint density at radius 2 is 1.90 bits per heavy atom. The summed E-state index contributed by atoms with van der Waals surface area (Å²) in [7, 11) is 0. The van der Waals surface area contributed by atoms with E-state index in [1.165, 1.54) is 5.56 Å². The van der Waals surface area contributed by atoms with E-state index >= 15 is 0 Å². The minimum absolute atomic E-state index is 0.120. The average molecular weight is 280 g/mol. The Hall–Kier alpha value is -2.31. The molecule has 2 unspecified atom stereocenters. The molecule has 2 N–H and O–H groups in total. The summed E-state index contributed by atoms with van der Waals surface area (Å²) in [6.07, 6.45) is 0.223. The van der Waals surface area contributed by atoms with Gasteiger partial charge >= 0.3 is 0 Å². The lowest BCUT2D eigenvalue weighted by Gasteiger charge is -2.23. The van der Waals surface area contributed by atoms with Crippen LogP contribution in [0.1, 0.15) is 29.7 Å². The predicted octanol–water partition coefficient (Wildman–Crippen LogP) is 3.53. The van der Waals surface area contributed by atoms with E-state index in [0.29, 0.717) is 6.42 Å². The Bertz CT molecular complexity index is 626. The van der Waals surface area contributed by atoms with Crippen LogP contribution in [0, 0.1) is 18.3 Å². The molecule has 21 heavy (non-hydrogen) atoms. The number of benzene rings is 2. The van der Waals surface area contributed by atoms with Gasteiger partial charge in [0, 0.05) is 6.04 Å². The van der Waals surface area contributed by atoms with E-state index in [4.69, 9.17) is 15.7 Å². The molecule has 0 aliphatic rings. The molecule has 0 amide bonds. The lowest BCUT2D eigenvalue weighted by molar-refractivity contribution is 0.180. The van der Waals surface area contributed by atoms with Crippen molar-refractivity contribution in [2.45, 2.75) is 32.4 Å². The van der Waals surface area contributed by atoms with Gasteiger partial charge in [-0.3, -0.25) is 0 Å². The van der Waals surface area contributed by atoms with E-state index in [1.54, 1.807) is 0 Å². The fourth-order valence-corrected chi connectivity index (χ4v) is 2.25. The molecule has 2 aromatic rings. The Morgan fingerprint density at radius 1 is 1.19 bits per heavy atom. The van der Waals surface area contributed by atoms with Crippen LogP contribution < -0.4 is 10.5 Å². The Labute approximate surface area is 126 Å². The normalized spacial score (nSPS) is 13.2. The second kappa shape index (κ2) is 6.92. The third-order valence-electron chi connectivity index (χ3n) is 3.32. The topological polar surface area (TPSA) is 59.0 Å². The van der Waals surface area contributed by atoms with Crippen LogP contribution in [-0.2, 0) is 6.42 Å². The summed E-state index contributed by atoms with van der Waals surface area (Å²) in [4.78, 5) is 0. The zero-order valence-corrected chi connectivity index (χ0v) is 12.4. The number of ether oxygens (including phenoxy) is 1. The molecule has 3 heteroatoms. The first-order chi connectivity index (χ1) is 10.1. The zero-order chi connectivity index (χ0) is 15.2. The highest BCUT2D eigenvalue weighted by molar-refractivity contribution is 5.31. The summed E-state index contributed by atoms with van der Waals surface area (Å²) in [5, 5.41) is 8.68. The Morgan fingerprint density at radius 3 is 2.48 bits per heavy atom. The largest absolute Gasteiger partial charge is 0.484 e. The van der Waals surface area contributed by atoms with E-state index < -0.39 is 0 Å². The number of aryl methyl sites for hydroxylation is 1. The van der Waals surface area contributed by atoms with Gasteiger partial charge in [0.25, 0.3) is 0 Å². The van der Waals surface area contributed by atoms with Crippen LogP contribution in [0.25, 0.3) is 0 Å². The van der Waals surface area contributed by atoms with Crippen molar-refractivity contribution in [3.8, 4) is 11.8 Å². The molecule has 0 aliphatic heterocycles. The van der Waals surface area contributed by atoms with Crippen LogP contribution >= 0.6 is 0 Å². The van der Waals surface area contributed by atoms with Gasteiger partial charge in [0.15, 0.2) is 0 Å². The van der Waals surface area contributed by atoms with E-state index in [0.717, 1.165) is 16.9 Å². The molecule has 0 radical (unpaired) electrons. The Kier molecular flexibility index (Phi) is 4.97. The van der Waals surface area contributed by atoms with Crippen molar-refractivity contribution < 1.29 is 4.74 Å². The molecule has 0 aliphatic carbocycles.